The van der Waals surface area contributed by atoms with Crippen molar-refractivity contribution in [2.75, 3.05) is 11.9 Å². The molecule has 4 rings (SSSR count). The van der Waals surface area contributed by atoms with Gasteiger partial charge >= 0.3 is 0 Å². The van der Waals surface area contributed by atoms with Gasteiger partial charge in [0.25, 0.3) is 0 Å². The Balaban J connectivity index is 1.57. The van der Waals surface area contributed by atoms with Crippen LogP contribution in [0.25, 0.3) is 10.9 Å². The number of benzene rings is 2. The minimum atomic E-state index is -0.161. The van der Waals surface area contributed by atoms with E-state index in [2.05, 4.69) is 39.3 Å². The molecule has 0 atom stereocenters. The molecule has 2 aromatic carbocycles. The van der Waals surface area contributed by atoms with Crippen LogP contribution in [0.2, 0.25) is 0 Å². The van der Waals surface area contributed by atoms with Gasteiger partial charge in [-0.1, -0.05) is 36.4 Å². The van der Waals surface area contributed by atoms with Gasteiger partial charge in [0, 0.05) is 47.3 Å². The first-order chi connectivity index (χ1) is 12.8. The summed E-state index contributed by atoms with van der Waals surface area (Å²) in [5.74, 6) is -0.161. The molecule has 1 N–H and O–H groups in total. The number of aromatic nitrogens is 2. The molecular formula is C22H20FN3. The van der Waals surface area contributed by atoms with Gasteiger partial charge < -0.3 is 9.88 Å². The Morgan fingerprint density at radius 3 is 2.50 bits per heavy atom. The van der Waals surface area contributed by atoms with Crippen molar-refractivity contribution in [2.45, 2.75) is 13.0 Å². The molecule has 0 bridgehead atoms. The second-order valence-corrected chi connectivity index (χ2v) is 6.30. The molecule has 0 unspecified atom stereocenters. The largest absolute Gasteiger partial charge is 0.385 e. The number of nitrogens with one attached hydrogen (secondary N) is 1. The Labute approximate surface area is 152 Å². The summed E-state index contributed by atoms with van der Waals surface area (Å²) < 4.78 is 16.2. The van der Waals surface area contributed by atoms with E-state index in [4.69, 9.17) is 0 Å². The van der Waals surface area contributed by atoms with Crippen molar-refractivity contribution in [2.24, 2.45) is 0 Å². The predicted molar refractivity (Wildman–Crippen MR) is 104 cm³/mol. The van der Waals surface area contributed by atoms with Gasteiger partial charge in [0.15, 0.2) is 0 Å². The monoisotopic (exact) mass is 345 g/mol. The fourth-order valence-electron chi connectivity index (χ4n) is 3.27. The summed E-state index contributed by atoms with van der Waals surface area (Å²) in [4.78, 5) is 4.03. The second kappa shape index (κ2) is 7.40. The van der Waals surface area contributed by atoms with Crippen LogP contribution in [0.3, 0.4) is 0 Å². The molecule has 26 heavy (non-hydrogen) atoms. The zero-order chi connectivity index (χ0) is 17.8. The van der Waals surface area contributed by atoms with E-state index in [9.17, 15) is 4.39 Å². The maximum absolute atomic E-state index is 14.0. The van der Waals surface area contributed by atoms with Crippen molar-refractivity contribution in [3.05, 3.63) is 96.2 Å². The maximum atomic E-state index is 14.0. The number of hydrogen-bond acceptors (Lipinski definition) is 2. The lowest BCUT2D eigenvalue weighted by molar-refractivity contribution is 0.602. The number of fused-ring (bicyclic) bond motifs is 1. The highest BCUT2D eigenvalue weighted by Gasteiger charge is 2.10. The lowest BCUT2D eigenvalue weighted by atomic mass is 10.1. The SMILES string of the molecule is Fc1ccccc1Cn1cc(CCNc2ccncc2)c2ccccc21. The van der Waals surface area contributed by atoms with Gasteiger partial charge in [-0.05, 0) is 36.2 Å². The molecule has 2 heterocycles. The molecule has 130 valence electrons. The van der Waals surface area contributed by atoms with E-state index >= 15 is 0 Å². The second-order valence-electron chi connectivity index (χ2n) is 6.30. The van der Waals surface area contributed by atoms with Crippen molar-refractivity contribution in [3.63, 3.8) is 0 Å². The van der Waals surface area contributed by atoms with E-state index in [0.29, 0.717) is 12.1 Å². The average Bonchev–Trinajstić information content (AvgIpc) is 3.02. The fraction of sp³-hybridized carbons (Fsp3) is 0.136. The number of hydrogen-bond donors (Lipinski definition) is 1. The van der Waals surface area contributed by atoms with Crippen molar-refractivity contribution >= 4 is 16.6 Å². The van der Waals surface area contributed by atoms with E-state index in [1.165, 1.54) is 17.0 Å². The van der Waals surface area contributed by atoms with Crippen LogP contribution in [-0.4, -0.2) is 16.1 Å². The number of nitrogens with zero attached hydrogens (tertiary/aromatic N) is 2. The molecule has 0 saturated carbocycles. The summed E-state index contributed by atoms with van der Waals surface area (Å²) in [7, 11) is 0. The van der Waals surface area contributed by atoms with Gasteiger partial charge in [-0.3, -0.25) is 4.98 Å². The minimum absolute atomic E-state index is 0.161. The highest BCUT2D eigenvalue weighted by molar-refractivity contribution is 5.84. The summed E-state index contributed by atoms with van der Waals surface area (Å²) in [5, 5.41) is 4.64. The third-order valence-electron chi connectivity index (χ3n) is 4.57. The lowest BCUT2D eigenvalue weighted by Gasteiger charge is -2.06. The summed E-state index contributed by atoms with van der Waals surface area (Å²) in [6.07, 6.45) is 6.60. The van der Waals surface area contributed by atoms with E-state index in [0.717, 1.165) is 24.2 Å². The highest BCUT2D eigenvalue weighted by Crippen LogP contribution is 2.23. The molecule has 0 aliphatic rings. The molecule has 4 aromatic rings. The van der Waals surface area contributed by atoms with E-state index in [1.807, 2.05) is 30.3 Å². The predicted octanol–water partition coefficient (Wildman–Crippen LogP) is 4.88. The number of anilines is 1. The van der Waals surface area contributed by atoms with E-state index in [1.54, 1.807) is 18.5 Å². The standard InChI is InChI=1S/C22H20FN3/c23-21-7-3-1-5-18(21)16-26-15-17(20-6-2-4-8-22(20)26)9-14-25-19-10-12-24-13-11-19/h1-8,10-13,15H,9,14,16H2,(H,24,25). The zero-order valence-corrected chi connectivity index (χ0v) is 14.4. The van der Waals surface area contributed by atoms with Crippen molar-refractivity contribution in [1.29, 1.82) is 0 Å². The van der Waals surface area contributed by atoms with Crippen LogP contribution < -0.4 is 5.32 Å². The molecule has 0 aliphatic carbocycles. The van der Waals surface area contributed by atoms with Gasteiger partial charge in [-0.25, -0.2) is 4.39 Å². The first-order valence-electron chi connectivity index (χ1n) is 8.75. The Morgan fingerprint density at radius 2 is 1.65 bits per heavy atom. The van der Waals surface area contributed by atoms with Gasteiger partial charge in [-0.2, -0.15) is 0 Å². The molecular weight excluding hydrogens is 325 g/mol. The lowest BCUT2D eigenvalue weighted by Crippen LogP contribution is -2.04. The van der Waals surface area contributed by atoms with Crippen LogP contribution in [-0.2, 0) is 13.0 Å². The Morgan fingerprint density at radius 1 is 0.885 bits per heavy atom. The van der Waals surface area contributed by atoms with Crippen LogP contribution in [0, 0.1) is 5.82 Å². The Bertz CT molecular complexity index is 1010. The minimum Gasteiger partial charge on any atom is -0.385 e. The van der Waals surface area contributed by atoms with Gasteiger partial charge in [-0.15, -0.1) is 0 Å². The summed E-state index contributed by atoms with van der Waals surface area (Å²) in [6.45, 7) is 1.36. The third kappa shape index (κ3) is 3.45. The van der Waals surface area contributed by atoms with Crippen molar-refractivity contribution in [3.8, 4) is 0 Å². The summed E-state index contributed by atoms with van der Waals surface area (Å²) >= 11 is 0. The molecule has 0 amide bonds. The van der Waals surface area contributed by atoms with Crippen LogP contribution in [0.1, 0.15) is 11.1 Å². The molecule has 0 spiro atoms. The number of rotatable bonds is 6. The van der Waals surface area contributed by atoms with Crippen LogP contribution in [0.4, 0.5) is 10.1 Å². The number of halogens is 1. The molecule has 0 saturated heterocycles. The van der Waals surface area contributed by atoms with Crippen LogP contribution >= 0.6 is 0 Å². The third-order valence-corrected chi connectivity index (χ3v) is 4.57. The molecule has 0 radical (unpaired) electrons. The first-order valence-corrected chi connectivity index (χ1v) is 8.75. The van der Waals surface area contributed by atoms with Crippen LogP contribution in [0.15, 0.2) is 79.3 Å². The average molecular weight is 345 g/mol. The summed E-state index contributed by atoms with van der Waals surface area (Å²) in [6, 6.07) is 19.2. The fourth-order valence-corrected chi connectivity index (χ4v) is 3.27. The van der Waals surface area contributed by atoms with Gasteiger partial charge in [0.2, 0.25) is 0 Å². The molecule has 4 heteroatoms. The quantitative estimate of drug-likeness (QED) is 0.540. The Kier molecular flexibility index (Phi) is 4.65. The van der Waals surface area contributed by atoms with Crippen molar-refractivity contribution in [1.82, 2.24) is 9.55 Å². The van der Waals surface area contributed by atoms with Gasteiger partial charge in [0.1, 0.15) is 5.82 Å². The molecule has 2 aromatic heterocycles. The smallest absolute Gasteiger partial charge is 0.128 e. The Hall–Kier alpha value is -3.14. The maximum Gasteiger partial charge on any atom is 0.128 e. The van der Waals surface area contributed by atoms with Crippen LogP contribution in [0.5, 0.6) is 0 Å². The van der Waals surface area contributed by atoms with E-state index in [-0.39, 0.29) is 5.82 Å². The van der Waals surface area contributed by atoms with Crippen molar-refractivity contribution < 1.29 is 4.39 Å². The topological polar surface area (TPSA) is 29.9 Å². The first kappa shape index (κ1) is 16.3. The molecule has 3 nitrogen and oxygen atoms in total. The number of pyridine rings is 1. The molecule has 0 aliphatic heterocycles. The normalized spacial score (nSPS) is 11.0. The zero-order valence-electron chi connectivity index (χ0n) is 14.4. The van der Waals surface area contributed by atoms with E-state index < -0.39 is 0 Å². The highest BCUT2D eigenvalue weighted by atomic mass is 19.1. The van der Waals surface area contributed by atoms with Gasteiger partial charge in [0.05, 0.1) is 6.54 Å². The molecule has 0 fully saturated rings. The number of para-hydroxylation sites is 1. The summed E-state index contributed by atoms with van der Waals surface area (Å²) in [5.41, 5.74) is 4.16.